The van der Waals surface area contributed by atoms with E-state index < -0.39 is 5.54 Å². The summed E-state index contributed by atoms with van der Waals surface area (Å²) in [7, 11) is 0. The second-order valence-corrected chi connectivity index (χ2v) is 4.80. The summed E-state index contributed by atoms with van der Waals surface area (Å²) in [5, 5.41) is 2.88. The highest BCUT2D eigenvalue weighted by atomic mass is 19.1. The van der Waals surface area contributed by atoms with E-state index in [-0.39, 0.29) is 11.7 Å². The number of halogens is 1. The zero-order valence-electron chi connectivity index (χ0n) is 10.9. The number of nitrogens with zero attached hydrogens (tertiary/aromatic N) is 1. The molecule has 0 spiro atoms. The standard InChI is InChI=1S/C15H15FN2O/c1-15(2,13-5-3-4-10-17-13)18-14(19)11-6-8-12(16)9-7-11/h3-10H,1-2H3,(H,18,19). The van der Waals surface area contributed by atoms with Crippen LogP contribution in [0.4, 0.5) is 4.39 Å². The lowest BCUT2D eigenvalue weighted by atomic mass is 9.99. The van der Waals surface area contributed by atoms with E-state index in [4.69, 9.17) is 0 Å². The van der Waals surface area contributed by atoms with E-state index in [1.807, 2.05) is 32.0 Å². The molecule has 3 nitrogen and oxygen atoms in total. The van der Waals surface area contributed by atoms with Gasteiger partial charge in [0, 0.05) is 11.8 Å². The van der Waals surface area contributed by atoms with Gasteiger partial charge in [0.2, 0.25) is 0 Å². The second-order valence-electron chi connectivity index (χ2n) is 4.80. The first kappa shape index (κ1) is 13.2. The molecule has 0 bridgehead atoms. The predicted octanol–water partition coefficient (Wildman–Crippen LogP) is 2.89. The second kappa shape index (κ2) is 5.18. The molecule has 0 atom stereocenters. The van der Waals surface area contributed by atoms with Crippen LogP contribution in [0.5, 0.6) is 0 Å². The predicted molar refractivity (Wildman–Crippen MR) is 71.1 cm³/mol. The fourth-order valence-electron chi connectivity index (χ4n) is 1.75. The highest BCUT2D eigenvalue weighted by Crippen LogP contribution is 2.18. The Hall–Kier alpha value is -2.23. The molecule has 0 aliphatic carbocycles. The molecule has 0 saturated heterocycles. The van der Waals surface area contributed by atoms with Crippen LogP contribution >= 0.6 is 0 Å². The molecule has 0 aliphatic rings. The normalized spacial score (nSPS) is 11.1. The molecule has 1 amide bonds. The van der Waals surface area contributed by atoms with Crippen molar-refractivity contribution in [2.75, 3.05) is 0 Å². The summed E-state index contributed by atoms with van der Waals surface area (Å²) in [6, 6.07) is 11.0. The van der Waals surface area contributed by atoms with Crippen LogP contribution in [-0.4, -0.2) is 10.9 Å². The van der Waals surface area contributed by atoms with Gasteiger partial charge in [0.25, 0.3) is 5.91 Å². The zero-order chi connectivity index (χ0) is 13.9. The van der Waals surface area contributed by atoms with Gasteiger partial charge in [-0.15, -0.1) is 0 Å². The maximum Gasteiger partial charge on any atom is 0.252 e. The van der Waals surface area contributed by atoms with Gasteiger partial charge in [-0.05, 0) is 50.2 Å². The monoisotopic (exact) mass is 258 g/mol. The lowest BCUT2D eigenvalue weighted by molar-refractivity contribution is 0.0910. The molecule has 1 aromatic carbocycles. The molecule has 0 fully saturated rings. The summed E-state index contributed by atoms with van der Waals surface area (Å²) >= 11 is 0. The van der Waals surface area contributed by atoms with Crippen molar-refractivity contribution in [3.05, 3.63) is 65.7 Å². The number of rotatable bonds is 3. The number of aromatic nitrogens is 1. The van der Waals surface area contributed by atoms with Gasteiger partial charge in [0.1, 0.15) is 5.82 Å². The van der Waals surface area contributed by atoms with Crippen molar-refractivity contribution in [3.63, 3.8) is 0 Å². The van der Waals surface area contributed by atoms with Crippen LogP contribution in [0.15, 0.2) is 48.7 Å². The van der Waals surface area contributed by atoms with Gasteiger partial charge in [-0.2, -0.15) is 0 Å². The number of hydrogen-bond donors (Lipinski definition) is 1. The van der Waals surface area contributed by atoms with Gasteiger partial charge in [-0.1, -0.05) is 6.07 Å². The summed E-state index contributed by atoms with van der Waals surface area (Å²) in [5.74, 6) is -0.615. The molecule has 0 unspecified atom stereocenters. The van der Waals surface area contributed by atoms with Crippen molar-refractivity contribution in [1.82, 2.24) is 10.3 Å². The van der Waals surface area contributed by atoms with Crippen LogP contribution < -0.4 is 5.32 Å². The third-order valence-corrected chi connectivity index (χ3v) is 2.84. The maximum absolute atomic E-state index is 12.8. The average molecular weight is 258 g/mol. The van der Waals surface area contributed by atoms with Gasteiger partial charge in [-0.25, -0.2) is 4.39 Å². The Morgan fingerprint density at radius 2 is 1.84 bits per heavy atom. The number of hydrogen-bond acceptors (Lipinski definition) is 2. The van der Waals surface area contributed by atoms with Crippen molar-refractivity contribution in [3.8, 4) is 0 Å². The van der Waals surface area contributed by atoms with Crippen LogP contribution in [0.25, 0.3) is 0 Å². The first-order chi connectivity index (χ1) is 8.99. The first-order valence-electron chi connectivity index (χ1n) is 5.98. The highest BCUT2D eigenvalue weighted by molar-refractivity contribution is 5.94. The number of nitrogens with one attached hydrogen (secondary N) is 1. The maximum atomic E-state index is 12.8. The molecule has 1 N–H and O–H groups in total. The van der Waals surface area contributed by atoms with Crippen molar-refractivity contribution in [2.24, 2.45) is 0 Å². The van der Waals surface area contributed by atoms with Crippen LogP contribution in [0.2, 0.25) is 0 Å². The number of carbonyl (C=O) groups excluding carboxylic acids is 1. The van der Waals surface area contributed by atoms with E-state index in [9.17, 15) is 9.18 Å². The summed E-state index contributed by atoms with van der Waals surface area (Å²) in [4.78, 5) is 16.3. The fourth-order valence-corrected chi connectivity index (χ4v) is 1.75. The van der Waals surface area contributed by atoms with Crippen LogP contribution in [0, 0.1) is 5.82 Å². The Labute approximate surface area is 111 Å². The minimum atomic E-state index is -0.591. The molecule has 2 rings (SSSR count). The highest BCUT2D eigenvalue weighted by Gasteiger charge is 2.24. The topological polar surface area (TPSA) is 42.0 Å². The summed E-state index contributed by atoms with van der Waals surface area (Å²) in [5.41, 5.74) is 0.600. The first-order valence-corrected chi connectivity index (χ1v) is 5.98. The Morgan fingerprint density at radius 1 is 1.16 bits per heavy atom. The van der Waals surface area contributed by atoms with Crippen molar-refractivity contribution < 1.29 is 9.18 Å². The summed E-state index contributed by atoms with van der Waals surface area (Å²) in [6.45, 7) is 3.74. The largest absolute Gasteiger partial charge is 0.342 e. The van der Waals surface area contributed by atoms with E-state index in [1.54, 1.807) is 6.20 Å². The average Bonchev–Trinajstić information content (AvgIpc) is 2.40. The SMILES string of the molecule is CC(C)(NC(=O)c1ccc(F)cc1)c1ccccn1. The van der Waals surface area contributed by atoms with E-state index >= 15 is 0 Å². The van der Waals surface area contributed by atoms with Crippen LogP contribution in [0.1, 0.15) is 29.9 Å². The lowest BCUT2D eigenvalue weighted by Crippen LogP contribution is -2.41. The lowest BCUT2D eigenvalue weighted by Gasteiger charge is -2.25. The Balaban J connectivity index is 2.16. The molecule has 0 aliphatic heterocycles. The van der Waals surface area contributed by atoms with E-state index in [0.717, 1.165) is 5.69 Å². The smallest absolute Gasteiger partial charge is 0.252 e. The number of amides is 1. The Bertz CT molecular complexity index is 564. The number of carbonyl (C=O) groups is 1. The van der Waals surface area contributed by atoms with Gasteiger partial charge in [-0.3, -0.25) is 9.78 Å². The van der Waals surface area contributed by atoms with Gasteiger partial charge >= 0.3 is 0 Å². The van der Waals surface area contributed by atoms with Crippen molar-refractivity contribution in [1.29, 1.82) is 0 Å². The Kier molecular flexibility index (Phi) is 3.60. The van der Waals surface area contributed by atoms with Crippen LogP contribution in [0.3, 0.4) is 0 Å². The van der Waals surface area contributed by atoms with Gasteiger partial charge in [0.05, 0.1) is 11.2 Å². The minimum Gasteiger partial charge on any atom is -0.342 e. The molecular formula is C15H15FN2O. The zero-order valence-corrected chi connectivity index (χ0v) is 10.9. The molecule has 1 aromatic heterocycles. The molecule has 19 heavy (non-hydrogen) atoms. The summed E-state index contributed by atoms with van der Waals surface area (Å²) < 4.78 is 12.8. The van der Waals surface area contributed by atoms with E-state index in [1.165, 1.54) is 24.3 Å². The van der Waals surface area contributed by atoms with E-state index in [0.29, 0.717) is 5.56 Å². The fraction of sp³-hybridized carbons (Fsp3) is 0.200. The third kappa shape index (κ3) is 3.16. The number of benzene rings is 1. The quantitative estimate of drug-likeness (QED) is 0.919. The van der Waals surface area contributed by atoms with E-state index in [2.05, 4.69) is 10.3 Å². The molecule has 0 radical (unpaired) electrons. The molecule has 0 saturated carbocycles. The van der Waals surface area contributed by atoms with Gasteiger partial charge in [0.15, 0.2) is 0 Å². The molecule has 4 heteroatoms. The summed E-state index contributed by atoms with van der Waals surface area (Å²) in [6.07, 6.45) is 1.68. The molecule has 2 aromatic rings. The number of pyridine rings is 1. The molecule has 98 valence electrons. The molecular weight excluding hydrogens is 243 g/mol. The Morgan fingerprint density at radius 3 is 2.42 bits per heavy atom. The van der Waals surface area contributed by atoms with Crippen molar-refractivity contribution in [2.45, 2.75) is 19.4 Å². The molecule has 1 heterocycles. The minimum absolute atomic E-state index is 0.254. The van der Waals surface area contributed by atoms with Crippen molar-refractivity contribution >= 4 is 5.91 Å². The van der Waals surface area contributed by atoms with Gasteiger partial charge < -0.3 is 5.32 Å². The third-order valence-electron chi connectivity index (χ3n) is 2.84. The van der Waals surface area contributed by atoms with Crippen LogP contribution in [-0.2, 0) is 5.54 Å².